The first-order valence-electron chi connectivity index (χ1n) is 13.7. The highest BCUT2D eigenvalue weighted by Gasteiger charge is 2.41. The quantitative estimate of drug-likeness (QED) is 0.137. The van der Waals surface area contributed by atoms with Crippen LogP contribution >= 0.6 is 12.2 Å². The van der Waals surface area contributed by atoms with Crippen LogP contribution in [0.5, 0.6) is 11.5 Å². The molecule has 0 saturated carbocycles. The van der Waals surface area contributed by atoms with Crippen LogP contribution in [0.3, 0.4) is 0 Å². The summed E-state index contributed by atoms with van der Waals surface area (Å²) < 4.78 is 17.4. The number of ether oxygens (including phenoxy) is 3. The van der Waals surface area contributed by atoms with Crippen LogP contribution in [0.4, 0.5) is 0 Å². The topological polar surface area (TPSA) is 77.1 Å². The van der Waals surface area contributed by atoms with Crippen molar-refractivity contribution in [2.45, 2.75) is 46.8 Å². The number of amides is 1. The minimum Gasteiger partial charge on any atom is -0.491 e. The molecule has 1 N–H and O–H groups in total. The molecule has 1 amide bonds. The van der Waals surface area contributed by atoms with Gasteiger partial charge in [0, 0.05) is 22.4 Å². The third-order valence-electron chi connectivity index (χ3n) is 6.68. The van der Waals surface area contributed by atoms with Crippen molar-refractivity contribution >= 4 is 46.1 Å². The van der Waals surface area contributed by atoms with Gasteiger partial charge >= 0.3 is 5.97 Å². The number of nitrogens with one attached hydrogen (secondary N) is 1. The number of esters is 1. The molecule has 42 heavy (non-hydrogen) atoms. The molecule has 0 saturated heterocycles. The van der Waals surface area contributed by atoms with Gasteiger partial charge in [-0.2, -0.15) is 0 Å². The predicted molar refractivity (Wildman–Crippen MR) is 169 cm³/mol. The second kappa shape index (κ2) is 13.4. The molecule has 1 aliphatic rings. The summed E-state index contributed by atoms with van der Waals surface area (Å²) in [5.41, 5.74) is 2.47. The number of hydrogen-bond donors (Lipinski definition) is 1. The van der Waals surface area contributed by atoms with E-state index in [4.69, 9.17) is 32.9 Å². The van der Waals surface area contributed by atoms with Gasteiger partial charge in [0.25, 0.3) is 5.91 Å². The third-order valence-corrected chi connectivity index (χ3v) is 6.98. The average Bonchev–Trinajstić information content (AvgIpc) is 2.96. The van der Waals surface area contributed by atoms with Crippen molar-refractivity contribution in [1.82, 2.24) is 10.2 Å². The maximum Gasteiger partial charge on any atom is 0.338 e. The number of thiocarbonyl (C=S) groups is 1. The lowest BCUT2D eigenvalue weighted by molar-refractivity contribution is -0.139. The summed E-state index contributed by atoms with van der Waals surface area (Å²) in [5, 5.41) is 5.08. The molecule has 0 fully saturated rings. The fourth-order valence-corrected chi connectivity index (χ4v) is 5.26. The highest BCUT2D eigenvalue weighted by atomic mass is 32.1. The number of nitrogens with zero attached hydrogens (tertiary/aromatic N) is 1. The predicted octanol–water partition coefficient (Wildman–Crippen LogP) is 6.34. The van der Waals surface area contributed by atoms with Gasteiger partial charge in [-0.25, -0.2) is 4.79 Å². The monoisotopic (exact) mass is 582 g/mol. The normalized spacial score (nSPS) is 15.4. The van der Waals surface area contributed by atoms with Crippen LogP contribution in [0.15, 0.2) is 77.5 Å². The summed E-state index contributed by atoms with van der Waals surface area (Å²) in [5.74, 6) is 2.63. The number of carbonyl (C=O) groups excluding carboxylic acids is 2. The van der Waals surface area contributed by atoms with Crippen molar-refractivity contribution in [3.05, 3.63) is 88.6 Å². The summed E-state index contributed by atoms with van der Waals surface area (Å²) in [7, 11) is 0. The maximum atomic E-state index is 14.4. The highest BCUT2D eigenvalue weighted by molar-refractivity contribution is 7.80. The molecule has 1 unspecified atom stereocenters. The minimum atomic E-state index is -0.895. The van der Waals surface area contributed by atoms with E-state index in [9.17, 15) is 9.59 Å². The van der Waals surface area contributed by atoms with Crippen LogP contribution in [0, 0.1) is 12.3 Å². The van der Waals surface area contributed by atoms with Crippen molar-refractivity contribution in [2.24, 2.45) is 0 Å². The van der Waals surface area contributed by atoms with Gasteiger partial charge in [0.2, 0.25) is 0 Å². The Morgan fingerprint density at radius 3 is 2.52 bits per heavy atom. The molecule has 0 spiro atoms. The molecule has 3 aromatic carbocycles. The number of allylic oxidation sites excluding steroid dienone is 1. The lowest BCUT2D eigenvalue weighted by Crippen LogP contribution is -2.51. The van der Waals surface area contributed by atoms with Crippen molar-refractivity contribution in [1.29, 1.82) is 0 Å². The van der Waals surface area contributed by atoms with Crippen LogP contribution in [0.1, 0.15) is 51.8 Å². The van der Waals surface area contributed by atoms with Gasteiger partial charge in [-0.1, -0.05) is 54.5 Å². The smallest absolute Gasteiger partial charge is 0.338 e. The standard InChI is InChI=1S/C34H34N2O5S/c1-7-19-40-28-18-17-24-13-9-10-14-25(24)27(28)20-22(5)32(37)36-31(26-15-11-12-16-29(26)41-21(3)4)30(33(38)39-8-2)23(6)35-34(36)42/h1,9-18,20-21,31H,8,19H2,2-6H3,(H,35,42)/b22-20+. The molecule has 1 aliphatic heterocycles. The number of para-hydroxylation sites is 1. The second-order valence-electron chi connectivity index (χ2n) is 9.99. The Hall–Kier alpha value is -4.61. The SMILES string of the molecule is C#CCOc1ccc2ccccc2c1/C=C(\C)C(=O)N1C(=S)NC(C)=C(C(=O)OCC)C1c1ccccc1OC(C)C. The van der Waals surface area contributed by atoms with Crippen molar-refractivity contribution in [3.63, 3.8) is 0 Å². The zero-order valence-electron chi connectivity index (χ0n) is 24.4. The van der Waals surface area contributed by atoms with Crippen molar-refractivity contribution in [2.75, 3.05) is 13.2 Å². The Kier molecular flexibility index (Phi) is 9.66. The Morgan fingerprint density at radius 1 is 1.10 bits per heavy atom. The molecule has 216 valence electrons. The van der Waals surface area contributed by atoms with E-state index in [-0.39, 0.29) is 30.0 Å². The molecule has 0 bridgehead atoms. The zero-order valence-corrected chi connectivity index (χ0v) is 25.2. The lowest BCUT2D eigenvalue weighted by Gasteiger charge is -2.39. The Morgan fingerprint density at radius 2 is 1.81 bits per heavy atom. The van der Waals surface area contributed by atoms with E-state index in [0.29, 0.717) is 33.9 Å². The van der Waals surface area contributed by atoms with Gasteiger partial charge in [-0.3, -0.25) is 9.69 Å². The van der Waals surface area contributed by atoms with Gasteiger partial charge in [0.15, 0.2) is 5.11 Å². The van der Waals surface area contributed by atoms with Crippen LogP contribution in [-0.4, -0.2) is 41.2 Å². The summed E-state index contributed by atoms with van der Waals surface area (Å²) in [4.78, 5) is 29.1. The van der Waals surface area contributed by atoms with E-state index < -0.39 is 17.9 Å². The molecule has 0 aliphatic carbocycles. The van der Waals surface area contributed by atoms with Gasteiger partial charge in [-0.15, -0.1) is 6.42 Å². The number of carbonyl (C=O) groups is 2. The second-order valence-corrected chi connectivity index (χ2v) is 10.4. The van der Waals surface area contributed by atoms with E-state index in [1.807, 2.05) is 74.5 Å². The van der Waals surface area contributed by atoms with E-state index in [2.05, 4.69) is 11.2 Å². The molecule has 0 radical (unpaired) electrons. The Labute approximate surface area is 252 Å². The number of fused-ring (bicyclic) bond motifs is 1. The van der Waals surface area contributed by atoms with Gasteiger partial charge in [0.05, 0.1) is 18.3 Å². The number of terminal acetylenes is 1. The van der Waals surface area contributed by atoms with Crippen LogP contribution in [0.2, 0.25) is 0 Å². The van der Waals surface area contributed by atoms with Gasteiger partial charge in [-0.05, 0) is 75.8 Å². The highest BCUT2D eigenvalue weighted by Crippen LogP contribution is 2.40. The van der Waals surface area contributed by atoms with E-state index in [0.717, 1.165) is 10.8 Å². The van der Waals surface area contributed by atoms with Gasteiger partial charge in [0.1, 0.15) is 24.1 Å². The first kappa shape index (κ1) is 30.4. The van der Waals surface area contributed by atoms with Crippen LogP contribution in [-0.2, 0) is 14.3 Å². The van der Waals surface area contributed by atoms with E-state index >= 15 is 0 Å². The summed E-state index contributed by atoms with van der Waals surface area (Å²) in [6, 6.07) is 18.0. The molecule has 0 aromatic heterocycles. The molecule has 1 atom stereocenters. The molecule has 4 rings (SSSR count). The molecule has 3 aromatic rings. The van der Waals surface area contributed by atoms with Crippen molar-refractivity contribution in [3.8, 4) is 23.8 Å². The maximum absolute atomic E-state index is 14.4. The fraction of sp³-hybridized carbons (Fsp3) is 0.265. The zero-order chi connectivity index (χ0) is 30.4. The summed E-state index contributed by atoms with van der Waals surface area (Å²) in [6.45, 7) is 9.26. The Bertz CT molecular complexity index is 1630. The molecular weight excluding hydrogens is 548 g/mol. The number of rotatable bonds is 9. The summed E-state index contributed by atoms with van der Waals surface area (Å²) in [6.07, 6.45) is 7.08. The molecule has 7 nitrogen and oxygen atoms in total. The molecule has 8 heteroatoms. The lowest BCUT2D eigenvalue weighted by atomic mass is 9.92. The minimum absolute atomic E-state index is 0.0774. The first-order valence-corrected chi connectivity index (χ1v) is 14.1. The fourth-order valence-electron chi connectivity index (χ4n) is 4.92. The van der Waals surface area contributed by atoms with Crippen LogP contribution in [0.25, 0.3) is 16.8 Å². The Balaban J connectivity index is 1.89. The summed E-state index contributed by atoms with van der Waals surface area (Å²) >= 11 is 5.73. The van der Waals surface area contributed by atoms with Crippen molar-refractivity contribution < 1.29 is 23.8 Å². The van der Waals surface area contributed by atoms with Crippen LogP contribution < -0.4 is 14.8 Å². The number of hydrogen-bond acceptors (Lipinski definition) is 6. The molecule has 1 heterocycles. The third kappa shape index (κ3) is 6.32. The van der Waals surface area contributed by atoms with E-state index in [1.54, 1.807) is 26.8 Å². The van der Waals surface area contributed by atoms with Gasteiger partial charge < -0.3 is 19.5 Å². The largest absolute Gasteiger partial charge is 0.491 e. The average molecular weight is 583 g/mol. The van der Waals surface area contributed by atoms with E-state index in [1.165, 1.54) is 4.90 Å². The number of benzene rings is 3. The first-order chi connectivity index (χ1) is 20.2. The molecular formula is C34H34N2O5S.